The Kier molecular flexibility index (Phi) is 5.43. The third-order valence-corrected chi connectivity index (χ3v) is 6.38. The standard InChI is InChI=1S/C26H27N5O/c1-18-28-17-24(30(18)2)19-6-7-21-16-29-23(13-22(21)12-19)15-25(32)20-8-9-27-26(14-20)31-10-4-3-5-11-31/h6-9,12-14,16-17H,3-5,10-11,15H2,1-2H3. The molecule has 0 spiro atoms. The summed E-state index contributed by atoms with van der Waals surface area (Å²) in [6, 6.07) is 12.1. The number of imidazole rings is 1. The average molecular weight is 426 g/mol. The number of piperidine rings is 1. The van der Waals surface area contributed by atoms with Gasteiger partial charge in [-0.3, -0.25) is 9.78 Å². The monoisotopic (exact) mass is 425 g/mol. The predicted molar refractivity (Wildman–Crippen MR) is 127 cm³/mol. The van der Waals surface area contributed by atoms with E-state index in [-0.39, 0.29) is 12.2 Å². The fourth-order valence-electron chi connectivity index (χ4n) is 4.37. The van der Waals surface area contributed by atoms with Gasteiger partial charge < -0.3 is 9.47 Å². The van der Waals surface area contributed by atoms with Crippen LogP contribution in [0.4, 0.5) is 5.82 Å². The van der Waals surface area contributed by atoms with Crippen molar-refractivity contribution >= 4 is 22.4 Å². The van der Waals surface area contributed by atoms with E-state index in [9.17, 15) is 4.79 Å². The molecule has 32 heavy (non-hydrogen) atoms. The summed E-state index contributed by atoms with van der Waals surface area (Å²) in [5.74, 6) is 1.94. The summed E-state index contributed by atoms with van der Waals surface area (Å²) in [6.07, 6.45) is 9.39. The Morgan fingerprint density at radius 1 is 0.938 bits per heavy atom. The van der Waals surface area contributed by atoms with Crippen molar-refractivity contribution in [3.63, 3.8) is 0 Å². The Balaban J connectivity index is 1.39. The van der Waals surface area contributed by atoms with Gasteiger partial charge in [-0.15, -0.1) is 0 Å². The molecule has 0 unspecified atom stereocenters. The number of carbonyl (C=O) groups excluding carboxylic acids is 1. The lowest BCUT2D eigenvalue weighted by atomic mass is 10.0. The quantitative estimate of drug-likeness (QED) is 0.432. The van der Waals surface area contributed by atoms with E-state index in [1.54, 1.807) is 12.3 Å². The molecule has 0 radical (unpaired) electrons. The van der Waals surface area contributed by atoms with Crippen molar-refractivity contribution in [2.45, 2.75) is 32.6 Å². The highest BCUT2D eigenvalue weighted by Gasteiger charge is 2.15. The van der Waals surface area contributed by atoms with Crippen molar-refractivity contribution in [3.8, 4) is 11.3 Å². The van der Waals surface area contributed by atoms with E-state index < -0.39 is 0 Å². The molecule has 6 heteroatoms. The van der Waals surface area contributed by atoms with Crippen LogP contribution in [-0.4, -0.2) is 38.4 Å². The molecule has 4 heterocycles. The minimum absolute atomic E-state index is 0.0657. The van der Waals surface area contributed by atoms with Crippen LogP contribution in [0.2, 0.25) is 0 Å². The molecule has 0 aliphatic carbocycles. The van der Waals surface area contributed by atoms with E-state index in [4.69, 9.17) is 0 Å². The van der Waals surface area contributed by atoms with Gasteiger partial charge in [-0.05, 0) is 55.8 Å². The van der Waals surface area contributed by atoms with Crippen LogP contribution in [0.25, 0.3) is 22.0 Å². The number of anilines is 1. The summed E-state index contributed by atoms with van der Waals surface area (Å²) in [7, 11) is 2.02. The molecular weight excluding hydrogens is 398 g/mol. The molecule has 1 aliphatic rings. The second kappa shape index (κ2) is 8.54. The van der Waals surface area contributed by atoms with Crippen LogP contribution in [0, 0.1) is 6.92 Å². The molecule has 0 atom stereocenters. The molecule has 1 saturated heterocycles. The Bertz CT molecular complexity index is 1290. The zero-order valence-corrected chi connectivity index (χ0v) is 18.6. The van der Waals surface area contributed by atoms with E-state index in [2.05, 4.69) is 42.6 Å². The number of aromatic nitrogens is 4. The van der Waals surface area contributed by atoms with E-state index in [1.165, 1.54) is 19.3 Å². The van der Waals surface area contributed by atoms with Gasteiger partial charge in [0.2, 0.25) is 0 Å². The van der Waals surface area contributed by atoms with Gasteiger partial charge in [-0.1, -0.05) is 12.1 Å². The summed E-state index contributed by atoms with van der Waals surface area (Å²) in [5.41, 5.74) is 3.64. The fraction of sp³-hybridized carbons (Fsp3) is 0.308. The van der Waals surface area contributed by atoms with Gasteiger partial charge in [0, 0.05) is 54.7 Å². The van der Waals surface area contributed by atoms with E-state index >= 15 is 0 Å². The first kappa shape index (κ1) is 20.4. The number of benzene rings is 1. The zero-order valence-electron chi connectivity index (χ0n) is 18.6. The number of nitrogens with zero attached hydrogens (tertiary/aromatic N) is 5. The third kappa shape index (κ3) is 4.00. The van der Waals surface area contributed by atoms with Crippen LogP contribution in [0.3, 0.4) is 0 Å². The molecule has 0 amide bonds. The molecule has 4 aromatic rings. The molecule has 3 aromatic heterocycles. The van der Waals surface area contributed by atoms with Gasteiger partial charge in [0.1, 0.15) is 11.6 Å². The molecule has 5 rings (SSSR count). The SMILES string of the molecule is Cc1ncc(-c2ccc3cnc(CC(=O)c4ccnc(N5CCCCC5)c4)cc3c2)n1C. The largest absolute Gasteiger partial charge is 0.357 e. The normalized spacial score (nSPS) is 14.1. The Morgan fingerprint density at radius 2 is 1.78 bits per heavy atom. The number of hydrogen-bond donors (Lipinski definition) is 0. The first-order valence-electron chi connectivity index (χ1n) is 11.2. The van der Waals surface area contributed by atoms with Gasteiger partial charge in [0.25, 0.3) is 0 Å². The third-order valence-electron chi connectivity index (χ3n) is 6.38. The number of hydrogen-bond acceptors (Lipinski definition) is 5. The number of carbonyl (C=O) groups is 1. The maximum Gasteiger partial charge on any atom is 0.169 e. The smallest absolute Gasteiger partial charge is 0.169 e. The number of fused-ring (bicyclic) bond motifs is 1. The second-order valence-electron chi connectivity index (χ2n) is 8.54. The topological polar surface area (TPSA) is 63.9 Å². The van der Waals surface area contributed by atoms with Gasteiger partial charge in [0.05, 0.1) is 18.3 Å². The summed E-state index contributed by atoms with van der Waals surface area (Å²) in [6.45, 7) is 4.01. The second-order valence-corrected chi connectivity index (χ2v) is 8.54. The van der Waals surface area contributed by atoms with Gasteiger partial charge in [0.15, 0.2) is 5.78 Å². The predicted octanol–water partition coefficient (Wildman–Crippen LogP) is 4.75. The molecule has 162 valence electrons. The number of ketones is 1. The maximum atomic E-state index is 13.0. The summed E-state index contributed by atoms with van der Waals surface area (Å²) in [4.78, 5) is 28.7. The number of pyridine rings is 2. The summed E-state index contributed by atoms with van der Waals surface area (Å²) in [5, 5.41) is 2.13. The average Bonchev–Trinajstić information content (AvgIpc) is 3.17. The number of rotatable bonds is 5. The van der Waals surface area contributed by atoms with Crippen LogP contribution in [0.1, 0.15) is 41.1 Å². The molecule has 0 saturated carbocycles. The van der Waals surface area contributed by atoms with Crippen molar-refractivity contribution in [1.29, 1.82) is 0 Å². The summed E-state index contributed by atoms with van der Waals surface area (Å²) >= 11 is 0. The van der Waals surface area contributed by atoms with Crippen molar-refractivity contribution in [2.75, 3.05) is 18.0 Å². The van der Waals surface area contributed by atoms with E-state index in [1.807, 2.05) is 38.5 Å². The fourth-order valence-corrected chi connectivity index (χ4v) is 4.37. The van der Waals surface area contributed by atoms with E-state index in [0.717, 1.165) is 52.5 Å². The Morgan fingerprint density at radius 3 is 2.56 bits per heavy atom. The first-order chi connectivity index (χ1) is 15.6. The first-order valence-corrected chi connectivity index (χ1v) is 11.2. The lowest BCUT2D eigenvalue weighted by Crippen LogP contribution is -2.30. The molecule has 0 N–H and O–H groups in total. The van der Waals surface area contributed by atoms with Crippen LogP contribution in [0.5, 0.6) is 0 Å². The van der Waals surface area contributed by atoms with Crippen molar-refractivity contribution in [3.05, 3.63) is 72.1 Å². The Hall–Kier alpha value is -3.54. The molecule has 1 fully saturated rings. The van der Waals surface area contributed by atoms with Gasteiger partial charge in [-0.25, -0.2) is 9.97 Å². The van der Waals surface area contributed by atoms with Gasteiger partial charge in [-0.2, -0.15) is 0 Å². The van der Waals surface area contributed by atoms with Gasteiger partial charge >= 0.3 is 0 Å². The summed E-state index contributed by atoms with van der Waals surface area (Å²) < 4.78 is 2.08. The molecular formula is C26H27N5O. The molecule has 0 bridgehead atoms. The maximum absolute atomic E-state index is 13.0. The van der Waals surface area contributed by atoms with E-state index in [0.29, 0.717) is 5.56 Å². The number of aryl methyl sites for hydroxylation is 1. The minimum atomic E-state index is 0.0657. The van der Waals surface area contributed by atoms with Crippen molar-refractivity contribution in [1.82, 2.24) is 19.5 Å². The Labute approximate surface area is 188 Å². The molecule has 1 aromatic carbocycles. The lowest BCUT2D eigenvalue weighted by Gasteiger charge is -2.27. The minimum Gasteiger partial charge on any atom is -0.357 e. The zero-order chi connectivity index (χ0) is 22.1. The molecule has 6 nitrogen and oxygen atoms in total. The lowest BCUT2D eigenvalue weighted by molar-refractivity contribution is 0.0992. The highest BCUT2D eigenvalue weighted by atomic mass is 16.1. The van der Waals surface area contributed by atoms with Crippen LogP contribution < -0.4 is 4.90 Å². The van der Waals surface area contributed by atoms with Crippen LogP contribution in [0.15, 0.2) is 55.0 Å². The molecule has 1 aliphatic heterocycles. The van der Waals surface area contributed by atoms with Crippen LogP contribution in [-0.2, 0) is 13.5 Å². The highest BCUT2D eigenvalue weighted by molar-refractivity contribution is 5.98. The van der Waals surface area contributed by atoms with Crippen molar-refractivity contribution < 1.29 is 4.79 Å². The number of Topliss-reactive ketones (excluding diaryl/α,β-unsaturated/α-hetero) is 1. The van der Waals surface area contributed by atoms with Crippen LogP contribution >= 0.6 is 0 Å². The van der Waals surface area contributed by atoms with Crippen molar-refractivity contribution in [2.24, 2.45) is 7.05 Å². The highest BCUT2D eigenvalue weighted by Crippen LogP contribution is 2.25.